The Labute approximate surface area is 61.1 Å². The van der Waals surface area contributed by atoms with Gasteiger partial charge in [-0.1, -0.05) is 0 Å². The van der Waals surface area contributed by atoms with Gasteiger partial charge in [0, 0.05) is 0 Å². The molecule has 0 heterocycles. The molecule has 0 nitrogen and oxygen atoms in total. The van der Waals surface area contributed by atoms with Crippen LogP contribution in [0.2, 0.25) is 0 Å². The minimum absolute atomic E-state index is 1.50. The van der Waals surface area contributed by atoms with Gasteiger partial charge in [-0.3, -0.25) is 0 Å². The van der Waals surface area contributed by atoms with Gasteiger partial charge in [0.1, 0.15) is 0 Å². The second kappa shape index (κ2) is 2.68. The summed E-state index contributed by atoms with van der Waals surface area (Å²) in [4.78, 5) is 0. The van der Waals surface area contributed by atoms with Gasteiger partial charge >= 0.3 is 62.1 Å². The van der Waals surface area contributed by atoms with Crippen molar-refractivity contribution in [3.8, 4) is 0 Å². The molecule has 0 aromatic rings. The van der Waals surface area contributed by atoms with E-state index < -0.39 is 5.61 Å². The molecule has 0 amide bonds. The van der Waals surface area contributed by atoms with Crippen LogP contribution in [0, 0.1) is 0 Å². The van der Waals surface area contributed by atoms with Crippen molar-refractivity contribution in [2.75, 3.05) is 0 Å². The molecule has 0 aliphatic rings. The SMILES string of the molecule is Br[Se](Br)(Br)Br. The molecule has 0 aromatic heterocycles. The van der Waals surface area contributed by atoms with E-state index in [2.05, 4.69) is 56.4 Å². The first kappa shape index (κ1) is 7.44. The second-order valence-electron chi connectivity index (χ2n) is 0.350. The molecule has 5 heteroatoms. The van der Waals surface area contributed by atoms with Gasteiger partial charge < -0.3 is 0 Å². The molecule has 0 bridgehead atoms. The average Bonchev–Trinajstić information content (AvgIpc) is 0.722. The summed E-state index contributed by atoms with van der Waals surface area (Å²) in [6.07, 6.45) is 0. The van der Waals surface area contributed by atoms with Crippen molar-refractivity contribution in [3.05, 3.63) is 0 Å². The molecule has 0 aliphatic carbocycles. The molecule has 0 fully saturated rings. The Kier molecular flexibility index (Phi) is 3.98. The van der Waals surface area contributed by atoms with Gasteiger partial charge in [-0.25, -0.2) is 0 Å². The van der Waals surface area contributed by atoms with E-state index in [1.807, 2.05) is 0 Å². The molecule has 0 aromatic carbocycles. The van der Waals surface area contributed by atoms with Crippen molar-refractivity contribution in [1.82, 2.24) is 0 Å². The maximum absolute atomic E-state index is 3.28. The van der Waals surface area contributed by atoms with Gasteiger partial charge in [0.05, 0.1) is 0 Å². The molecule has 0 rings (SSSR count). The molecule has 0 saturated heterocycles. The predicted octanol–water partition coefficient (Wildman–Crippen LogP) is 3.00. The summed E-state index contributed by atoms with van der Waals surface area (Å²) in [6, 6.07) is 0. The third kappa shape index (κ3) is 21.3. The van der Waals surface area contributed by atoms with Gasteiger partial charge in [-0.15, -0.1) is 0 Å². The van der Waals surface area contributed by atoms with Crippen LogP contribution in [-0.4, -0.2) is 5.61 Å². The fourth-order valence-electron chi connectivity index (χ4n) is 0. The maximum atomic E-state index is 3.28. The Bertz CT molecular complexity index is 19.1. The van der Waals surface area contributed by atoms with Crippen molar-refractivity contribution in [3.63, 3.8) is 0 Å². The molecule has 5 heavy (non-hydrogen) atoms. The summed E-state index contributed by atoms with van der Waals surface area (Å²) in [5.41, 5.74) is -1.50. The third-order valence-electron chi connectivity index (χ3n) is 0. The van der Waals surface area contributed by atoms with E-state index in [0.717, 1.165) is 0 Å². The van der Waals surface area contributed by atoms with Gasteiger partial charge in [0.2, 0.25) is 0 Å². The standard InChI is InChI=1S/Br4Se/c1-5(2,3)4. The molecular weight excluding hydrogens is 399 g/mol. The van der Waals surface area contributed by atoms with Crippen LogP contribution < -0.4 is 0 Å². The Hall–Kier alpha value is 2.44. The van der Waals surface area contributed by atoms with Crippen molar-refractivity contribution >= 4 is 62.1 Å². The zero-order chi connectivity index (χ0) is 4.50. The van der Waals surface area contributed by atoms with Crippen LogP contribution in [0.5, 0.6) is 0 Å². The van der Waals surface area contributed by atoms with E-state index in [0.29, 0.717) is 0 Å². The predicted molar refractivity (Wildman–Crippen MR) is 41.5 cm³/mol. The molecule has 0 aliphatic heterocycles. The van der Waals surface area contributed by atoms with Gasteiger partial charge in [0.15, 0.2) is 0 Å². The van der Waals surface area contributed by atoms with Crippen LogP contribution in [0.25, 0.3) is 0 Å². The van der Waals surface area contributed by atoms with Gasteiger partial charge in [-0.05, 0) is 0 Å². The zero-order valence-electron chi connectivity index (χ0n) is 1.92. The summed E-state index contributed by atoms with van der Waals surface area (Å²) < 4.78 is 0. The number of rotatable bonds is 0. The number of hydrogen-bond acceptors (Lipinski definition) is 0. The number of halogens is 4. The minimum atomic E-state index is -1.50. The second-order valence-corrected chi connectivity index (χ2v) is 49.1. The summed E-state index contributed by atoms with van der Waals surface area (Å²) in [5, 5.41) is 0. The summed E-state index contributed by atoms with van der Waals surface area (Å²) in [7, 11) is 0. The summed E-state index contributed by atoms with van der Waals surface area (Å²) >= 11 is 13.1. The Morgan fingerprint density at radius 3 is 0.800 bits per heavy atom. The van der Waals surface area contributed by atoms with E-state index >= 15 is 0 Å². The molecule has 34 valence electrons. The molecule has 0 unspecified atom stereocenters. The first-order chi connectivity index (χ1) is 2.00. The summed E-state index contributed by atoms with van der Waals surface area (Å²) in [6.45, 7) is 0. The summed E-state index contributed by atoms with van der Waals surface area (Å²) in [5.74, 6) is 0. The first-order valence-corrected chi connectivity index (χ1v) is 16.7. The third-order valence-corrected chi connectivity index (χ3v) is 0. The van der Waals surface area contributed by atoms with Gasteiger partial charge in [0.25, 0.3) is 0 Å². The zero-order valence-corrected chi connectivity index (χ0v) is 9.98. The fraction of sp³-hybridized carbons (Fsp3) is 0. The Balaban J connectivity index is 3.02. The fourth-order valence-corrected chi connectivity index (χ4v) is 0. The quantitative estimate of drug-likeness (QED) is 0.551. The average molecular weight is 399 g/mol. The van der Waals surface area contributed by atoms with E-state index in [-0.39, 0.29) is 0 Å². The Morgan fingerprint density at radius 1 is 0.800 bits per heavy atom. The normalized spacial score (nSPS) is 15.2. The van der Waals surface area contributed by atoms with E-state index in [1.165, 1.54) is 0 Å². The molecule has 0 atom stereocenters. The monoisotopic (exact) mass is 396 g/mol. The molecular formula is Br4Se. The van der Waals surface area contributed by atoms with Crippen molar-refractivity contribution in [2.45, 2.75) is 0 Å². The van der Waals surface area contributed by atoms with Gasteiger partial charge in [-0.2, -0.15) is 0 Å². The van der Waals surface area contributed by atoms with E-state index in [1.54, 1.807) is 0 Å². The van der Waals surface area contributed by atoms with Crippen LogP contribution in [-0.2, 0) is 0 Å². The van der Waals surface area contributed by atoms with Crippen LogP contribution in [0.4, 0.5) is 0 Å². The molecule has 0 saturated carbocycles. The van der Waals surface area contributed by atoms with Crippen molar-refractivity contribution in [2.24, 2.45) is 0 Å². The van der Waals surface area contributed by atoms with Crippen LogP contribution in [0.15, 0.2) is 0 Å². The molecule has 0 radical (unpaired) electrons. The molecule has 0 spiro atoms. The van der Waals surface area contributed by atoms with Crippen LogP contribution >= 0.6 is 56.4 Å². The van der Waals surface area contributed by atoms with E-state index in [4.69, 9.17) is 0 Å². The number of hydrogen-bond donors (Lipinski definition) is 0. The Morgan fingerprint density at radius 2 is 0.800 bits per heavy atom. The van der Waals surface area contributed by atoms with Crippen LogP contribution in [0.3, 0.4) is 0 Å². The van der Waals surface area contributed by atoms with Crippen molar-refractivity contribution < 1.29 is 0 Å². The topological polar surface area (TPSA) is 0 Å². The van der Waals surface area contributed by atoms with E-state index in [9.17, 15) is 0 Å². The first-order valence-electron chi connectivity index (χ1n) is 0.617. The molecule has 0 N–H and O–H groups in total. The van der Waals surface area contributed by atoms with Crippen LogP contribution in [0.1, 0.15) is 0 Å². The van der Waals surface area contributed by atoms with Crippen molar-refractivity contribution in [1.29, 1.82) is 0 Å².